The van der Waals surface area contributed by atoms with Crippen LogP contribution in [0.5, 0.6) is 5.75 Å². The number of aryl methyl sites for hydroxylation is 1. The number of methoxy groups -OCH3 is 2. The summed E-state index contributed by atoms with van der Waals surface area (Å²) >= 11 is 0. The lowest BCUT2D eigenvalue weighted by molar-refractivity contribution is 0.0601. The normalized spacial score (nSPS) is 10.3. The van der Waals surface area contributed by atoms with Gasteiger partial charge in [0.1, 0.15) is 11.6 Å². The van der Waals surface area contributed by atoms with Gasteiger partial charge in [-0.15, -0.1) is 0 Å². The van der Waals surface area contributed by atoms with Crippen molar-refractivity contribution in [2.45, 2.75) is 13.3 Å². The summed E-state index contributed by atoms with van der Waals surface area (Å²) < 4.78 is 9.89. The van der Waals surface area contributed by atoms with Gasteiger partial charge in [-0.3, -0.25) is 0 Å². The summed E-state index contributed by atoms with van der Waals surface area (Å²) in [6, 6.07) is 16.9. The van der Waals surface area contributed by atoms with Gasteiger partial charge in [-0.2, -0.15) is 4.98 Å². The molecule has 0 amide bonds. The van der Waals surface area contributed by atoms with Crippen molar-refractivity contribution >= 4 is 23.4 Å². The number of esters is 1. The van der Waals surface area contributed by atoms with Crippen LogP contribution in [0.15, 0.2) is 54.6 Å². The van der Waals surface area contributed by atoms with E-state index in [9.17, 15) is 4.79 Å². The highest BCUT2D eigenvalue weighted by Crippen LogP contribution is 2.18. The third kappa shape index (κ3) is 5.68. The second-order valence-corrected chi connectivity index (χ2v) is 6.44. The summed E-state index contributed by atoms with van der Waals surface area (Å²) in [5.74, 6) is 1.72. The number of ether oxygens (including phenoxy) is 2. The molecular formula is C22H24N4O3. The first-order valence-electron chi connectivity index (χ1n) is 9.25. The molecule has 2 aromatic carbocycles. The van der Waals surface area contributed by atoms with Gasteiger partial charge in [0.2, 0.25) is 5.95 Å². The highest BCUT2D eigenvalue weighted by Gasteiger charge is 2.06. The lowest BCUT2D eigenvalue weighted by atomic mass is 10.1. The van der Waals surface area contributed by atoms with Gasteiger partial charge >= 0.3 is 5.97 Å². The largest absolute Gasteiger partial charge is 0.497 e. The average molecular weight is 392 g/mol. The molecule has 0 unspecified atom stereocenters. The first-order chi connectivity index (χ1) is 14.1. The smallest absolute Gasteiger partial charge is 0.337 e. The maximum absolute atomic E-state index is 11.5. The average Bonchev–Trinajstić information content (AvgIpc) is 2.74. The number of benzene rings is 2. The van der Waals surface area contributed by atoms with Crippen molar-refractivity contribution in [2.75, 3.05) is 31.4 Å². The van der Waals surface area contributed by atoms with E-state index in [2.05, 4.69) is 20.6 Å². The van der Waals surface area contributed by atoms with Crippen LogP contribution in [0.25, 0.3) is 0 Å². The number of aromatic nitrogens is 2. The zero-order valence-corrected chi connectivity index (χ0v) is 16.7. The summed E-state index contributed by atoms with van der Waals surface area (Å²) in [7, 11) is 3.02. The molecule has 0 atom stereocenters. The zero-order valence-electron chi connectivity index (χ0n) is 16.7. The first-order valence-corrected chi connectivity index (χ1v) is 9.25. The van der Waals surface area contributed by atoms with Crippen molar-refractivity contribution in [2.24, 2.45) is 0 Å². The Kier molecular flexibility index (Phi) is 6.63. The molecular weight excluding hydrogens is 368 g/mol. The number of anilines is 3. The third-order valence-electron chi connectivity index (χ3n) is 4.29. The molecule has 7 nitrogen and oxygen atoms in total. The SMILES string of the molecule is COC(=O)c1ccc(Nc2cc(C)nc(NCCc3ccc(OC)cc3)n2)cc1. The topological polar surface area (TPSA) is 85.4 Å². The molecule has 0 saturated heterocycles. The fraction of sp³-hybridized carbons (Fsp3) is 0.227. The van der Waals surface area contributed by atoms with Crippen molar-refractivity contribution < 1.29 is 14.3 Å². The van der Waals surface area contributed by atoms with E-state index < -0.39 is 0 Å². The van der Waals surface area contributed by atoms with Crippen molar-refractivity contribution in [3.8, 4) is 5.75 Å². The maximum atomic E-state index is 11.5. The number of rotatable bonds is 8. The minimum Gasteiger partial charge on any atom is -0.497 e. The van der Waals surface area contributed by atoms with Crippen LogP contribution in [0.2, 0.25) is 0 Å². The Balaban J connectivity index is 1.60. The van der Waals surface area contributed by atoms with E-state index in [1.54, 1.807) is 31.4 Å². The predicted octanol–water partition coefficient (Wildman–Crippen LogP) is 3.98. The van der Waals surface area contributed by atoms with Crippen LogP contribution in [0.1, 0.15) is 21.6 Å². The maximum Gasteiger partial charge on any atom is 0.337 e. The molecule has 0 spiro atoms. The summed E-state index contributed by atoms with van der Waals surface area (Å²) in [6.45, 7) is 2.63. The number of nitrogens with one attached hydrogen (secondary N) is 2. The Hall–Kier alpha value is -3.61. The van der Waals surface area contributed by atoms with Gasteiger partial charge in [0, 0.05) is 24.0 Å². The Morgan fingerprint density at radius 2 is 1.72 bits per heavy atom. The van der Waals surface area contributed by atoms with E-state index in [4.69, 9.17) is 9.47 Å². The van der Waals surface area contributed by atoms with Gasteiger partial charge < -0.3 is 20.1 Å². The summed E-state index contributed by atoms with van der Waals surface area (Å²) in [6.07, 6.45) is 0.846. The van der Waals surface area contributed by atoms with E-state index in [0.717, 1.165) is 23.6 Å². The molecule has 0 bridgehead atoms. The number of hydrogen-bond donors (Lipinski definition) is 2. The molecule has 0 aliphatic heterocycles. The number of nitrogens with zero attached hydrogens (tertiary/aromatic N) is 2. The van der Waals surface area contributed by atoms with Crippen molar-refractivity contribution in [1.29, 1.82) is 0 Å². The van der Waals surface area contributed by atoms with E-state index in [0.29, 0.717) is 23.9 Å². The van der Waals surface area contributed by atoms with E-state index in [1.807, 2.05) is 37.3 Å². The van der Waals surface area contributed by atoms with Gasteiger partial charge in [0.05, 0.1) is 19.8 Å². The van der Waals surface area contributed by atoms with Crippen LogP contribution in [-0.4, -0.2) is 36.7 Å². The van der Waals surface area contributed by atoms with Gasteiger partial charge in [0.15, 0.2) is 0 Å². The van der Waals surface area contributed by atoms with Crippen molar-refractivity contribution in [1.82, 2.24) is 9.97 Å². The van der Waals surface area contributed by atoms with Gasteiger partial charge in [-0.25, -0.2) is 9.78 Å². The molecule has 3 aromatic rings. The molecule has 0 aliphatic carbocycles. The fourth-order valence-corrected chi connectivity index (χ4v) is 2.78. The van der Waals surface area contributed by atoms with Crippen LogP contribution in [-0.2, 0) is 11.2 Å². The summed E-state index contributed by atoms with van der Waals surface area (Å²) in [5.41, 5.74) is 3.37. The Labute approximate surface area is 170 Å². The quantitative estimate of drug-likeness (QED) is 0.561. The number of carbonyl (C=O) groups excluding carboxylic acids is 1. The monoisotopic (exact) mass is 392 g/mol. The van der Waals surface area contributed by atoms with Crippen LogP contribution >= 0.6 is 0 Å². The predicted molar refractivity (Wildman–Crippen MR) is 113 cm³/mol. The summed E-state index contributed by atoms with van der Waals surface area (Å²) in [4.78, 5) is 20.5. The highest BCUT2D eigenvalue weighted by molar-refractivity contribution is 5.89. The molecule has 3 rings (SSSR count). The molecule has 1 heterocycles. The van der Waals surface area contributed by atoms with E-state index in [-0.39, 0.29) is 5.97 Å². The van der Waals surface area contributed by atoms with Gasteiger partial charge in [-0.05, 0) is 55.3 Å². The molecule has 0 saturated carbocycles. The minimum atomic E-state index is -0.363. The first kappa shape index (κ1) is 20.1. The molecule has 7 heteroatoms. The Morgan fingerprint density at radius 1 is 1.00 bits per heavy atom. The minimum absolute atomic E-state index is 0.363. The number of hydrogen-bond acceptors (Lipinski definition) is 7. The van der Waals surface area contributed by atoms with E-state index >= 15 is 0 Å². The summed E-state index contributed by atoms with van der Waals surface area (Å²) in [5, 5.41) is 6.50. The van der Waals surface area contributed by atoms with E-state index in [1.165, 1.54) is 12.7 Å². The van der Waals surface area contributed by atoms with Crippen LogP contribution < -0.4 is 15.4 Å². The second kappa shape index (κ2) is 9.54. The lowest BCUT2D eigenvalue weighted by Crippen LogP contribution is -2.09. The molecule has 29 heavy (non-hydrogen) atoms. The van der Waals surface area contributed by atoms with Crippen LogP contribution in [0.4, 0.5) is 17.5 Å². The van der Waals surface area contributed by atoms with Crippen LogP contribution in [0, 0.1) is 6.92 Å². The van der Waals surface area contributed by atoms with Gasteiger partial charge in [-0.1, -0.05) is 12.1 Å². The Morgan fingerprint density at radius 3 is 2.38 bits per heavy atom. The third-order valence-corrected chi connectivity index (χ3v) is 4.29. The van der Waals surface area contributed by atoms with Crippen LogP contribution in [0.3, 0.4) is 0 Å². The lowest BCUT2D eigenvalue weighted by Gasteiger charge is -2.10. The fourth-order valence-electron chi connectivity index (χ4n) is 2.78. The molecule has 2 N–H and O–H groups in total. The molecule has 0 radical (unpaired) electrons. The van der Waals surface area contributed by atoms with Crippen molar-refractivity contribution in [3.05, 3.63) is 71.4 Å². The van der Waals surface area contributed by atoms with Gasteiger partial charge in [0.25, 0.3) is 0 Å². The Bertz CT molecular complexity index is 957. The highest BCUT2D eigenvalue weighted by atomic mass is 16.5. The molecule has 0 fully saturated rings. The van der Waals surface area contributed by atoms with Crippen molar-refractivity contribution in [3.63, 3.8) is 0 Å². The molecule has 1 aromatic heterocycles. The number of carbonyl (C=O) groups is 1. The zero-order chi connectivity index (χ0) is 20.6. The molecule has 0 aliphatic rings. The second-order valence-electron chi connectivity index (χ2n) is 6.44. The standard InChI is InChI=1S/C22H24N4O3/c1-15-14-20(25-18-8-6-17(7-9-18)21(27)29-3)26-22(24-15)23-13-12-16-4-10-19(28-2)11-5-16/h4-11,14H,12-13H2,1-3H3,(H2,23,24,25,26). The molecule has 150 valence electrons.